The van der Waals surface area contributed by atoms with Gasteiger partial charge in [0.05, 0.1) is 12.2 Å². The topological polar surface area (TPSA) is 67.8 Å². The SMILES string of the molecule is CC(C)(C)OCc1cc(F)cc(/C(N)=N/O)c1. The van der Waals surface area contributed by atoms with Crippen molar-refractivity contribution in [3.8, 4) is 0 Å². The van der Waals surface area contributed by atoms with Gasteiger partial charge in [0.2, 0.25) is 0 Å². The van der Waals surface area contributed by atoms with E-state index in [0.29, 0.717) is 11.1 Å². The first-order valence-corrected chi connectivity index (χ1v) is 5.23. The number of ether oxygens (including phenoxy) is 1. The van der Waals surface area contributed by atoms with E-state index in [-0.39, 0.29) is 18.0 Å². The van der Waals surface area contributed by atoms with Crippen LogP contribution in [0.2, 0.25) is 0 Å². The lowest BCUT2D eigenvalue weighted by atomic mass is 10.1. The zero-order valence-corrected chi connectivity index (χ0v) is 10.2. The van der Waals surface area contributed by atoms with Crippen LogP contribution < -0.4 is 5.73 Å². The smallest absolute Gasteiger partial charge is 0.170 e. The number of nitrogens with two attached hydrogens (primary N) is 1. The molecule has 17 heavy (non-hydrogen) atoms. The van der Waals surface area contributed by atoms with Gasteiger partial charge in [0.1, 0.15) is 5.82 Å². The fourth-order valence-corrected chi connectivity index (χ4v) is 1.24. The highest BCUT2D eigenvalue weighted by Crippen LogP contribution is 2.14. The van der Waals surface area contributed by atoms with Crippen molar-refractivity contribution < 1.29 is 14.3 Å². The quantitative estimate of drug-likeness (QED) is 0.368. The molecular formula is C12H17FN2O2. The van der Waals surface area contributed by atoms with Crippen molar-refractivity contribution in [2.24, 2.45) is 10.9 Å². The molecule has 0 bridgehead atoms. The number of oxime groups is 1. The van der Waals surface area contributed by atoms with E-state index in [0.717, 1.165) is 0 Å². The summed E-state index contributed by atoms with van der Waals surface area (Å²) in [5.41, 5.74) is 6.08. The standard InChI is InChI=1S/C12H17FN2O2/c1-12(2,3)17-7-8-4-9(11(14)15-16)6-10(13)5-8/h4-6,16H,7H2,1-3H3,(H2,14,15). The van der Waals surface area contributed by atoms with Crippen molar-refractivity contribution in [2.45, 2.75) is 33.0 Å². The van der Waals surface area contributed by atoms with Crippen LogP contribution in [-0.2, 0) is 11.3 Å². The molecule has 0 aliphatic carbocycles. The maximum atomic E-state index is 13.3. The Bertz CT molecular complexity index is 425. The molecule has 1 rings (SSSR count). The van der Waals surface area contributed by atoms with Gasteiger partial charge in [-0.1, -0.05) is 5.16 Å². The average Bonchev–Trinajstić information content (AvgIpc) is 2.23. The van der Waals surface area contributed by atoms with Gasteiger partial charge in [0, 0.05) is 5.56 Å². The normalized spacial score (nSPS) is 12.8. The van der Waals surface area contributed by atoms with Crippen molar-refractivity contribution >= 4 is 5.84 Å². The van der Waals surface area contributed by atoms with Crippen molar-refractivity contribution in [3.05, 3.63) is 35.1 Å². The summed E-state index contributed by atoms with van der Waals surface area (Å²) >= 11 is 0. The third kappa shape index (κ3) is 4.40. The van der Waals surface area contributed by atoms with Crippen LogP contribution in [0.4, 0.5) is 4.39 Å². The lowest BCUT2D eigenvalue weighted by molar-refractivity contribution is -0.0150. The van der Waals surface area contributed by atoms with Crippen LogP contribution >= 0.6 is 0 Å². The van der Waals surface area contributed by atoms with E-state index in [2.05, 4.69) is 5.16 Å². The molecule has 3 N–H and O–H groups in total. The van der Waals surface area contributed by atoms with E-state index in [4.69, 9.17) is 15.7 Å². The fourth-order valence-electron chi connectivity index (χ4n) is 1.24. The van der Waals surface area contributed by atoms with Crippen molar-refractivity contribution in [1.82, 2.24) is 0 Å². The summed E-state index contributed by atoms with van der Waals surface area (Å²) in [5.74, 6) is -0.567. The molecule has 0 aliphatic heterocycles. The van der Waals surface area contributed by atoms with Crippen LogP contribution in [0.3, 0.4) is 0 Å². The van der Waals surface area contributed by atoms with Gasteiger partial charge in [-0.2, -0.15) is 0 Å². The Morgan fingerprint density at radius 1 is 1.41 bits per heavy atom. The van der Waals surface area contributed by atoms with E-state index < -0.39 is 5.82 Å². The van der Waals surface area contributed by atoms with Crippen LogP contribution in [0.1, 0.15) is 31.9 Å². The van der Waals surface area contributed by atoms with Crippen LogP contribution in [0.25, 0.3) is 0 Å². The van der Waals surface area contributed by atoms with Gasteiger partial charge in [-0.25, -0.2) is 4.39 Å². The molecule has 0 spiro atoms. The van der Waals surface area contributed by atoms with Crippen LogP contribution in [0.15, 0.2) is 23.4 Å². The number of hydrogen-bond acceptors (Lipinski definition) is 3. The number of halogens is 1. The van der Waals surface area contributed by atoms with Gasteiger partial charge < -0.3 is 15.7 Å². The average molecular weight is 240 g/mol. The predicted octanol–water partition coefficient (Wildman–Crippen LogP) is 2.24. The van der Waals surface area contributed by atoms with Gasteiger partial charge in [-0.05, 0) is 44.5 Å². The molecule has 0 fully saturated rings. The molecule has 0 heterocycles. The Labute approximate surface area is 99.9 Å². The molecule has 0 radical (unpaired) electrons. The highest BCUT2D eigenvalue weighted by Gasteiger charge is 2.11. The number of rotatable bonds is 3. The molecule has 1 aromatic carbocycles. The molecule has 94 valence electrons. The van der Waals surface area contributed by atoms with Crippen LogP contribution in [0.5, 0.6) is 0 Å². The molecule has 0 saturated carbocycles. The Morgan fingerprint density at radius 2 is 2.06 bits per heavy atom. The molecule has 0 saturated heterocycles. The maximum Gasteiger partial charge on any atom is 0.170 e. The summed E-state index contributed by atoms with van der Waals surface area (Å²) in [6.07, 6.45) is 0. The summed E-state index contributed by atoms with van der Waals surface area (Å²) in [6, 6.07) is 4.19. The minimum atomic E-state index is -0.443. The molecule has 4 nitrogen and oxygen atoms in total. The number of amidine groups is 1. The molecular weight excluding hydrogens is 223 g/mol. The highest BCUT2D eigenvalue weighted by molar-refractivity contribution is 5.97. The number of benzene rings is 1. The summed E-state index contributed by atoms with van der Waals surface area (Å²) < 4.78 is 18.8. The molecule has 0 aromatic heterocycles. The first-order valence-electron chi connectivity index (χ1n) is 5.23. The lowest BCUT2D eigenvalue weighted by Crippen LogP contribution is -2.19. The molecule has 5 heteroatoms. The Morgan fingerprint density at radius 3 is 2.59 bits per heavy atom. The monoisotopic (exact) mass is 240 g/mol. The summed E-state index contributed by atoms with van der Waals surface area (Å²) in [6.45, 7) is 6.01. The highest BCUT2D eigenvalue weighted by atomic mass is 19.1. The fraction of sp³-hybridized carbons (Fsp3) is 0.417. The first kappa shape index (κ1) is 13.4. The molecule has 0 aliphatic rings. The van der Waals surface area contributed by atoms with Crippen molar-refractivity contribution in [1.29, 1.82) is 0 Å². The minimum Gasteiger partial charge on any atom is -0.409 e. The number of nitrogens with zero attached hydrogens (tertiary/aromatic N) is 1. The predicted molar refractivity (Wildman–Crippen MR) is 63.5 cm³/mol. The second kappa shape index (κ2) is 5.14. The van der Waals surface area contributed by atoms with Gasteiger partial charge in [-0.3, -0.25) is 0 Å². The Kier molecular flexibility index (Phi) is 4.07. The van der Waals surface area contributed by atoms with Crippen LogP contribution in [0, 0.1) is 5.82 Å². The van der Waals surface area contributed by atoms with Gasteiger partial charge in [-0.15, -0.1) is 0 Å². The van der Waals surface area contributed by atoms with E-state index in [1.54, 1.807) is 6.07 Å². The third-order valence-electron chi connectivity index (χ3n) is 2.03. The maximum absolute atomic E-state index is 13.3. The van der Waals surface area contributed by atoms with E-state index in [1.165, 1.54) is 12.1 Å². The largest absolute Gasteiger partial charge is 0.409 e. The van der Waals surface area contributed by atoms with Gasteiger partial charge >= 0.3 is 0 Å². The van der Waals surface area contributed by atoms with Gasteiger partial charge in [0.15, 0.2) is 5.84 Å². The van der Waals surface area contributed by atoms with E-state index in [9.17, 15) is 4.39 Å². The lowest BCUT2D eigenvalue weighted by Gasteiger charge is -2.19. The Balaban J connectivity index is 2.90. The minimum absolute atomic E-state index is 0.124. The summed E-state index contributed by atoms with van der Waals surface area (Å²) in [4.78, 5) is 0. The molecule has 0 atom stereocenters. The third-order valence-corrected chi connectivity index (χ3v) is 2.03. The second-order valence-electron chi connectivity index (χ2n) is 4.73. The van der Waals surface area contributed by atoms with Crippen LogP contribution in [-0.4, -0.2) is 16.6 Å². The van der Waals surface area contributed by atoms with E-state index >= 15 is 0 Å². The Hall–Kier alpha value is -1.62. The molecule has 0 amide bonds. The first-order chi connectivity index (χ1) is 7.81. The van der Waals surface area contributed by atoms with Gasteiger partial charge in [0.25, 0.3) is 0 Å². The molecule has 1 aromatic rings. The molecule has 0 unspecified atom stereocenters. The van der Waals surface area contributed by atoms with Crippen molar-refractivity contribution in [3.63, 3.8) is 0 Å². The zero-order valence-electron chi connectivity index (χ0n) is 10.2. The van der Waals surface area contributed by atoms with E-state index in [1.807, 2.05) is 20.8 Å². The summed E-state index contributed by atoms with van der Waals surface area (Å²) in [7, 11) is 0. The zero-order chi connectivity index (χ0) is 13.1. The summed E-state index contributed by atoms with van der Waals surface area (Å²) in [5, 5.41) is 11.4. The van der Waals surface area contributed by atoms with Crippen molar-refractivity contribution in [2.75, 3.05) is 0 Å². The second-order valence-corrected chi connectivity index (χ2v) is 4.73. The number of hydrogen-bond donors (Lipinski definition) is 2.